The van der Waals surface area contributed by atoms with Crippen molar-refractivity contribution in [3.8, 4) is 0 Å². The third kappa shape index (κ3) is 7.25. The zero-order valence-electron chi connectivity index (χ0n) is 20.7. The summed E-state index contributed by atoms with van der Waals surface area (Å²) in [5.41, 5.74) is 0.521. The highest BCUT2D eigenvalue weighted by Gasteiger charge is 2.32. The maximum atomic E-state index is 12.8. The van der Waals surface area contributed by atoms with Crippen LogP contribution < -0.4 is 10.2 Å². The lowest BCUT2D eigenvalue weighted by Crippen LogP contribution is -2.37. The Morgan fingerprint density at radius 1 is 1.05 bits per heavy atom. The zero-order valence-corrected chi connectivity index (χ0v) is 20.7. The fourth-order valence-electron chi connectivity index (χ4n) is 3.64. The number of aromatic nitrogens is 4. The number of halogens is 4. The van der Waals surface area contributed by atoms with Gasteiger partial charge in [0, 0.05) is 25.3 Å². The number of carbonyl (C=O) groups excluding carboxylic acids is 1. The maximum Gasteiger partial charge on any atom is 0.416 e. The van der Waals surface area contributed by atoms with E-state index < -0.39 is 17.6 Å². The largest absolute Gasteiger partial charge is 0.416 e. The monoisotopic (exact) mass is 516 g/mol. The van der Waals surface area contributed by atoms with Gasteiger partial charge in [0.05, 0.1) is 17.5 Å². The summed E-state index contributed by atoms with van der Waals surface area (Å²) in [6.45, 7) is 7.09. The van der Waals surface area contributed by atoms with Crippen molar-refractivity contribution < 1.29 is 22.4 Å². The maximum absolute atomic E-state index is 12.8. The molecule has 3 aromatic heterocycles. The summed E-state index contributed by atoms with van der Waals surface area (Å²) in [6.07, 6.45) is -1.13. The van der Waals surface area contributed by atoms with Gasteiger partial charge in [-0.05, 0) is 49.7 Å². The van der Waals surface area contributed by atoms with E-state index in [9.17, 15) is 22.4 Å². The Labute approximate surface area is 212 Å². The number of fused-ring (bicyclic) bond motifs is 1. The first kappa shape index (κ1) is 27.6. The fourth-order valence-corrected chi connectivity index (χ4v) is 3.64. The number of aryl methyl sites for hydroxylation is 1. The number of hydrogen-bond acceptors (Lipinski definition) is 5. The van der Waals surface area contributed by atoms with Gasteiger partial charge in [-0.25, -0.2) is 13.9 Å². The van der Waals surface area contributed by atoms with Gasteiger partial charge in [0.2, 0.25) is 0 Å². The summed E-state index contributed by atoms with van der Waals surface area (Å²) in [5, 5.41) is 7.32. The molecule has 1 fully saturated rings. The molecule has 7 nitrogen and oxygen atoms in total. The summed E-state index contributed by atoms with van der Waals surface area (Å²) in [6, 6.07) is 13.1. The molecule has 37 heavy (non-hydrogen) atoms. The second kappa shape index (κ2) is 12.3. The number of pyridine rings is 1. The summed E-state index contributed by atoms with van der Waals surface area (Å²) in [4.78, 5) is 22.3. The molecule has 1 atom stereocenters. The van der Waals surface area contributed by atoms with Crippen molar-refractivity contribution in [1.82, 2.24) is 24.9 Å². The standard InChI is InChI=1S/C18H17F3N6O.C6H5F.C2H6/c1-11-9-23-15-2-3-16(25-27(11)15)26-7-5-13(10-26)24-17(28)14-8-12(4-6-22-14)18(19,20)21;7-6-4-2-1-3-5-6;1-2/h2-4,6,8-9,13H,5,7,10H2,1H3,(H,24,28);1-5H;1-2H3/t13-;;/m0../s1. The Bertz CT molecular complexity index is 1310. The van der Waals surface area contributed by atoms with Crippen molar-refractivity contribution in [3.63, 3.8) is 0 Å². The van der Waals surface area contributed by atoms with Crippen LogP contribution in [-0.2, 0) is 6.18 Å². The first-order valence-electron chi connectivity index (χ1n) is 11.8. The molecule has 0 aliphatic carbocycles. The normalized spacial score (nSPS) is 14.9. The van der Waals surface area contributed by atoms with Crippen molar-refractivity contribution in [1.29, 1.82) is 0 Å². The van der Waals surface area contributed by atoms with Crippen molar-refractivity contribution in [2.75, 3.05) is 18.0 Å². The van der Waals surface area contributed by atoms with Gasteiger partial charge < -0.3 is 10.2 Å². The molecule has 0 spiro atoms. The zero-order chi connectivity index (χ0) is 27.0. The highest BCUT2D eigenvalue weighted by Crippen LogP contribution is 2.29. The molecule has 1 aromatic carbocycles. The highest BCUT2D eigenvalue weighted by molar-refractivity contribution is 5.92. The van der Waals surface area contributed by atoms with Crippen LogP contribution in [0.3, 0.4) is 0 Å². The minimum Gasteiger partial charge on any atom is -0.353 e. The van der Waals surface area contributed by atoms with E-state index in [1.54, 1.807) is 28.9 Å². The van der Waals surface area contributed by atoms with Crippen LogP contribution in [0.25, 0.3) is 5.65 Å². The number of alkyl halides is 3. The molecule has 1 saturated heterocycles. The number of nitrogens with one attached hydrogen (secondary N) is 1. The molecule has 5 rings (SSSR count). The van der Waals surface area contributed by atoms with E-state index in [1.165, 1.54) is 12.1 Å². The van der Waals surface area contributed by atoms with Gasteiger partial charge in [0.1, 0.15) is 17.3 Å². The molecular weight excluding hydrogens is 488 g/mol. The summed E-state index contributed by atoms with van der Waals surface area (Å²) >= 11 is 0. The van der Waals surface area contributed by atoms with E-state index in [4.69, 9.17) is 0 Å². The molecule has 11 heteroatoms. The molecule has 1 aliphatic heterocycles. The predicted octanol–water partition coefficient (Wildman–Crippen LogP) is 5.31. The van der Waals surface area contributed by atoms with E-state index in [-0.39, 0.29) is 17.6 Å². The number of benzene rings is 1. The van der Waals surface area contributed by atoms with Crippen LogP contribution in [0.4, 0.5) is 23.4 Å². The van der Waals surface area contributed by atoms with Crippen LogP contribution in [0, 0.1) is 12.7 Å². The lowest BCUT2D eigenvalue weighted by molar-refractivity contribution is -0.137. The molecule has 0 radical (unpaired) electrons. The Hall–Kier alpha value is -4.02. The Morgan fingerprint density at radius 3 is 2.43 bits per heavy atom. The third-order valence-electron chi connectivity index (χ3n) is 5.42. The van der Waals surface area contributed by atoms with Crippen molar-refractivity contribution >= 4 is 17.4 Å². The van der Waals surface area contributed by atoms with E-state index >= 15 is 0 Å². The highest BCUT2D eigenvalue weighted by atomic mass is 19.4. The predicted molar refractivity (Wildman–Crippen MR) is 133 cm³/mol. The summed E-state index contributed by atoms with van der Waals surface area (Å²) in [7, 11) is 0. The number of hydrogen-bond donors (Lipinski definition) is 1. The molecule has 4 aromatic rings. The topological polar surface area (TPSA) is 75.4 Å². The average molecular weight is 517 g/mol. The van der Waals surface area contributed by atoms with Gasteiger partial charge >= 0.3 is 6.18 Å². The van der Waals surface area contributed by atoms with Crippen LogP contribution in [0.5, 0.6) is 0 Å². The van der Waals surface area contributed by atoms with Crippen molar-refractivity contribution in [3.05, 3.63) is 89.8 Å². The number of amides is 1. The molecule has 1 amide bonds. The van der Waals surface area contributed by atoms with Crippen LogP contribution in [0.2, 0.25) is 0 Å². The molecule has 4 heterocycles. The first-order chi connectivity index (χ1) is 17.7. The van der Waals surface area contributed by atoms with Crippen molar-refractivity contribution in [2.24, 2.45) is 0 Å². The molecule has 0 bridgehead atoms. The van der Waals surface area contributed by atoms with Crippen LogP contribution in [-0.4, -0.2) is 44.6 Å². The quantitative estimate of drug-likeness (QED) is 0.374. The van der Waals surface area contributed by atoms with Crippen LogP contribution >= 0.6 is 0 Å². The number of anilines is 1. The Balaban J connectivity index is 0.000000361. The fraction of sp³-hybridized carbons (Fsp3) is 0.308. The van der Waals surface area contributed by atoms with Crippen LogP contribution in [0.15, 0.2) is 67.0 Å². The van der Waals surface area contributed by atoms with Gasteiger partial charge in [0.25, 0.3) is 5.91 Å². The Morgan fingerprint density at radius 2 is 1.78 bits per heavy atom. The SMILES string of the molecule is CC.Cc1cnc2ccc(N3CC[C@H](NC(=O)c4cc(C(F)(F)F)ccn4)C3)nn12.Fc1ccccc1. The molecule has 196 valence electrons. The van der Waals surface area contributed by atoms with Gasteiger partial charge in [-0.15, -0.1) is 5.10 Å². The summed E-state index contributed by atoms with van der Waals surface area (Å²) in [5.74, 6) is -0.0446. The Kier molecular flexibility index (Phi) is 9.15. The second-order valence-corrected chi connectivity index (χ2v) is 7.99. The second-order valence-electron chi connectivity index (χ2n) is 7.99. The molecule has 0 unspecified atom stereocenters. The first-order valence-corrected chi connectivity index (χ1v) is 11.8. The van der Waals surface area contributed by atoms with Gasteiger partial charge in [-0.1, -0.05) is 32.0 Å². The van der Waals surface area contributed by atoms with E-state index in [0.29, 0.717) is 19.5 Å². The van der Waals surface area contributed by atoms with E-state index in [1.807, 2.05) is 37.8 Å². The lowest BCUT2D eigenvalue weighted by atomic mass is 10.2. The average Bonchev–Trinajstić information content (AvgIpc) is 3.52. The minimum atomic E-state index is -4.52. The number of carbonyl (C=O) groups is 1. The molecule has 1 aliphatic rings. The lowest BCUT2D eigenvalue weighted by Gasteiger charge is -2.18. The van der Waals surface area contributed by atoms with Gasteiger partial charge in [-0.3, -0.25) is 9.78 Å². The minimum absolute atomic E-state index is 0.178. The molecular formula is C26H28F4N6O. The summed E-state index contributed by atoms with van der Waals surface area (Å²) < 4.78 is 52.1. The van der Waals surface area contributed by atoms with Gasteiger partial charge in [0.15, 0.2) is 5.65 Å². The number of rotatable bonds is 3. The van der Waals surface area contributed by atoms with Crippen molar-refractivity contribution in [2.45, 2.75) is 39.4 Å². The molecule has 1 N–H and O–H groups in total. The number of nitrogens with zero attached hydrogens (tertiary/aromatic N) is 5. The van der Waals surface area contributed by atoms with E-state index in [2.05, 4.69) is 20.4 Å². The smallest absolute Gasteiger partial charge is 0.353 e. The van der Waals surface area contributed by atoms with Gasteiger partial charge in [-0.2, -0.15) is 13.2 Å². The third-order valence-corrected chi connectivity index (χ3v) is 5.42. The number of imidazole rings is 1. The van der Waals surface area contributed by atoms with Crippen LogP contribution in [0.1, 0.15) is 42.0 Å². The van der Waals surface area contributed by atoms with E-state index in [0.717, 1.165) is 35.5 Å². The molecule has 0 saturated carbocycles.